The number of hydrogen-bond acceptors (Lipinski definition) is 5. The summed E-state index contributed by atoms with van der Waals surface area (Å²) in [4.78, 5) is 19.7. The summed E-state index contributed by atoms with van der Waals surface area (Å²) in [5, 5.41) is 2.04. The average molecular weight is 679 g/mol. The summed E-state index contributed by atoms with van der Waals surface area (Å²) in [6.45, 7) is 24.2. The molecule has 0 spiro atoms. The summed E-state index contributed by atoms with van der Waals surface area (Å²) >= 11 is 1.62. The number of nitrogens with zero attached hydrogens (tertiary/aromatic N) is 5. The molecule has 248 valence electrons. The fraction of sp³-hybridized carbons (Fsp3) is 0.119. The maximum atomic E-state index is 5.00. The molecule has 0 unspecified atom stereocenters. The zero-order chi connectivity index (χ0) is 36.3. The van der Waals surface area contributed by atoms with Gasteiger partial charge in [-0.15, -0.1) is 0 Å². The Hall–Kier alpha value is -5.40. The number of allylic oxidation sites excluding steroid dienone is 12. The number of benzene rings is 2. The van der Waals surface area contributed by atoms with Gasteiger partial charge in [0, 0.05) is 0 Å². The minimum atomic E-state index is 0.598. The van der Waals surface area contributed by atoms with E-state index in [4.69, 9.17) is 19.9 Å². The number of rotatable bonds is 14. The van der Waals surface area contributed by atoms with E-state index in [-0.39, 0.29) is 0 Å². The summed E-state index contributed by atoms with van der Waals surface area (Å²) in [7, 11) is 4.12. The molecule has 0 fully saturated rings. The van der Waals surface area contributed by atoms with E-state index < -0.39 is 0 Å². The molecule has 51 heavy (non-hydrogen) atoms. The Bertz CT molecular complexity index is 2330. The Kier molecular flexibility index (Phi) is 12.7. The second-order valence-corrected chi connectivity index (χ2v) is 12.5. The molecule has 0 saturated heterocycles. The van der Waals surface area contributed by atoms with Crippen molar-refractivity contribution in [1.82, 2.24) is 24.5 Å². The monoisotopic (exact) mass is 679 g/mol. The summed E-state index contributed by atoms with van der Waals surface area (Å²) < 4.78 is 3.30. The van der Waals surface area contributed by atoms with Gasteiger partial charge in [0.15, 0.2) is 24.8 Å². The quantitative estimate of drug-likeness (QED) is 0.0866. The van der Waals surface area contributed by atoms with E-state index in [2.05, 4.69) is 93.8 Å². The molecule has 5 aromatic rings. The van der Waals surface area contributed by atoms with Crippen LogP contribution in [0, 0.1) is 0 Å². The number of hydrogen-bond donors (Lipinski definition) is 0. The van der Waals surface area contributed by atoms with Crippen LogP contribution in [-0.4, -0.2) is 51.9 Å². The predicted molar refractivity (Wildman–Crippen MR) is 229 cm³/mol. The van der Waals surface area contributed by atoms with Gasteiger partial charge in [-0.2, -0.15) is 0 Å². The fourth-order valence-corrected chi connectivity index (χ4v) is 6.68. The summed E-state index contributed by atoms with van der Waals surface area (Å²) in [6.07, 6.45) is 21.5. The van der Waals surface area contributed by atoms with Crippen LogP contribution in [0.5, 0.6) is 0 Å². The third kappa shape index (κ3) is 8.16. The minimum absolute atomic E-state index is 0.598. The van der Waals surface area contributed by atoms with E-state index in [1.54, 1.807) is 17.4 Å². The average Bonchev–Trinajstić information content (AvgIpc) is 3.72. The molecule has 0 N–H and O–H groups in total. The molecule has 0 aliphatic heterocycles. The van der Waals surface area contributed by atoms with Gasteiger partial charge >= 0.3 is 189 Å². The molecule has 0 amide bonds. The standard InChI is InChI=1S/C42H40B3N5S/c1-9-13-15-20-33(44-7)41-48-39(28(5)18-14-10-2)47-40(49-41)30-22-24-34-37(26-30)51-42(46-34)29(11-3)23-25-38(45-8)50-35-21-17-16-19-32(35)31(12-4)36(50)27-43-6/h9-27H,1,3-4H2,2,5-8H3/b14-10-,15-13-,28-18+,29-23+,33-20-,38-25+. The first kappa shape index (κ1) is 36.9. The third-order valence-electron chi connectivity index (χ3n) is 8.20. The molecule has 0 atom stereocenters. The molecule has 2 radical (unpaired) electrons. The molecule has 3 aromatic heterocycles. The van der Waals surface area contributed by atoms with Gasteiger partial charge in [-0.1, -0.05) is 55.9 Å². The van der Waals surface area contributed by atoms with E-state index in [1.165, 1.54) is 0 Å². The molecule has 5 rings (SSSR count). The molecule has 5 nitrogen and oxygen atoms in total. The summed E-state index contributed by atoms with van der Waals surface area (Å²) in [5.41, 5.74) is 8.91. The second kappa shape index (κ2) is 17.5. The number of thiazole rings is 1. The maximum Gasteiger partial charge on any atom is -0.209 e. The van der Waals surface area contributed by atoms with Gasteiger partial charge < -0.3 is 0 Å². The summed E-state index contributed by atoms with van der Waals surface area (Å²) in [6, 6.07) is 14.6. The van der Waals surface area contributed by atoms with Crippen molar-refractivity contribution in [2.45, 2.75) is 34.3 Å². The molecule has 0 aliphatic rings. The molecule has 2 aromatic carbocycles. The van der Waals surface area contributed by atoms with Gasteiger partial charge in [0.25, 0.3) is 0 Å². The Morgan fingerprint density at radius 3 is 2.35 bits per heavy atom. The van der Waals surface area contributed by atoms with Crippen molar-refractivity contribution in [3.63, 3.8) is 0 Å². The van der Waals surface area contributed by atoms with Gasteiger partial charge in [0.2, 0.25) is 0 Å². The van der Waals surface area contributed by atoms with Crippen LogP contribution < -0.4 is 0 Å². The first-order chi connectivity index (χ1) is 24.9. The van der Waals surface area contributed by atoms with Gasteiger partial charge in [0.1, 0.15) is 0 Å². The van der Waals surface area contributed by atoms with Crippen LogP contribution in [0.2, 0.25) is 20.5 Å². The molecule has 0 aliphatic carbocycles. The van der Waals surface area contributed by atoms with Crippen LogP contribution in [0.15, 0.2) is 123 Å². The van der Waals surface area contributed by atoms with Crippen LogP contribution in [0.25, 0.3) is 60.8 Å². The molecular formula is C42H40B3N5S. The second-order valence-electron chi connectivity index (χ2n) is 11.5. The zero-order valence-electron chi connectivity index (χ0n) is 30.0. The van der Waals surface area contributed by atoms with Gasteiger partial charge in [-0.3, -0.25) is 0 Å². The van der Waals surface area contributed by atoms with Crippen LogP contribution in [0.3, 0.4) is 0 Å². The van der Waals surface area contributed by atoms with Crippen molar-refractivity contribution in [3.05, 3.63) is 151 Å². The Labute approximate surface area is 308 Å². The van der Waals surface area contributed by atoms with Crippen LogP contribution >= 0.6 is 11.3 Å². The van der Waals surface area contributed by atoms with Crippen molar-refractivity contribution in [3.8, 4) is 11.4 Å². The number of para-hydroxylation sites is 1. The topological polar surface area (TPSA) is 56.5 Å². The summed E-state index contributed by atoms with van der Waals surface area (Å²) in [5.74, 6) is 3.96. The van der Waals surface area contributed by atoms with E-state index in [0.717, 1.165) is 65.2 Å². The van der Waals surface area contributed by atoms with E-state index in [9.17, 15) is 0 Å². The molecule has 0 saturated carbocycles. The van der Waals surface area contributed by atoms with Crippen LogP contribution in [0.1, 0.15) is 41.8 Å². The Morgan fingerprint density at radius 1 is 0.843 bits per heavy atom. The normalized spacial score (nSPS) is 13.1. The third-order valence-corrected chi connectivity index (χ3v) is 9.27. The molecule has 3 heterocycles. The Morgan fingerprint density at radius 2 is 1.65 bits per heavy atom. The van der Waals surface area contributed by atoms with E-state index in [0.29, 0.717) is 17.5 Å². The zero-order valence-corrected chi connectivity index (χ0v) is 30.8. The molecule has 9 heteroatoms. The molecule has 0 bridgehead atoms. The van der Waals surface area contributed by atoms with Crippen molar-refractivity contribution in [1.29, 1.82) is 0 Å². The van der Waals surface area contributed by atoms with Gasteiger partial charge in [-0.25, -0.2) is 15.0 Å². The van der Waals surface area contributed by atoms with E-state index in [1.807, 2.05) is 95.5 Å². The van der Waals surface area contributed by atoms with Crippen LogP contribution in [-0.2, 0) is 0 Å². The predicted octanol–water partition coefficient (Wildman–Crippen LogP) is 10.3. The van der Waals surface area contributed by atoms with Gasteiger partial charge in [-0.05, 0) is 24.9 Å². The largest absolute Gasteiger partial charge is 0.209 e. The van der Waals surface area contributed by atoms with Gasteiger partial charge in [0.05, 0.1) is 0 Å². The van der Waals surface area contributed by atoms with E-state index >= 15 is 0 Å². The fourth-order valence-electron chi connectivity index (χ4n) is 5.65. The number of aromatic nitrogens is 5. The number of fused-ring (bicyclic) bond motifs is 2. The molecular weight excluding hydrogens is 639 g/mol. The van der Waals surface area contributed by atoms with Crippen LogP contribution in [0.4, 0.5) is 0 Å². The minimum Gasteiger partial charge on any atom is -0.209 e. The van der Waals surface area contributed by atoms with Crippen molar-refractivity contribution < 1.29 is 0 Å². The smallest absolute Gasteiger partial charge is 0.209 e. The Balaban J connectivity index is 1.59. The van der Waals surface area contributed by atoms with Crippen molar-refractivity contribution in [2.24, 2.45) is 0 Å². The maximum absolute atomic E-state index is 5.00. The first-order valence-electron chi connectivity index (χ1n) is 16.9. The SMILES string of the molecule is C=C/C=C\C=C(/[B]C)c1nc(/C(C)=C/C=C\C)nc(-c2ccc3nc(/C(C=C)=C/C=C(\[B]C)n4c(C=BC)c(C=C)c5ccccc54)sc3c2)n1. The van der Waals surface area contributed by atoms with Crippen molar-refractivity contribution in [2.75, 3.05) is 0 Å². The van der Waals surface area contributed by atoms with Crippen molar-refractivity contribution >= 4 is 88.2 Å². The first-order valence-corrected chi connectivity index (χ1v) is 17.7.